The summed E-state index contributed by atoms with van der Waals surface area (Å²) in [5.74, 6) is 0.603. The summed E-state index contributed by atoms with van der Waals surface area (Å²) < 4.78 is 5.11. The first-order chi connectivity index (χ1) is 12.1. The Hall–Kier alpha value is -2.53. The van der Waals surface area contributed by atoms with Crippen LogP contribution in [0.25, 0.3) is 0 Å². The van der Waals surface area contributed by atoms with Gasteiger partial charge in [-0.25, -0.2) is 0 Å². The summed E-state index contributed by atoms with van der Waals surface area (Å²) in [5.41, 5.74) is 2.05. The van der Waals surface area contributed by atoms with E-state index in [1.165, 1.54) is 0 Å². The van der Waals surface area contributed by atoms with E-state index in [1.54, 1.807) is 30.2 Å². The fraction of sp³-hybridized carbons (Fsp3) is 0.263. The maximum atomic E-state index is 12.4. The van der Waals surface area contributed by atoms with E-state index < -0.39 is 0 Å². The smallest absolute Gasteiger partial charge is 0.251 e. The van der Waals surface area contributed by atoms with E-state index >= 15 is 0 Å². The third-order valence-electron chi connectivity index (χ3n) is 4.18. The third-order valence-corrected chi connectivity index (χ3v) is 4.50. The van der Waals surface area contributed by atoms with Gasteiger partial charge in [0, 0.05) is 25.1 Å². The summed E-state index contributed by atoms with van der Waals surface area (Å²) in [6, 6.07) is 12.5. The number of carbonyl (C=O) groups is 2. The highest BCUT2D eigenvalue weighted by atomic mass is 35.5. The molecule has 0 aromatic heterocycles. The molecule has 0 radical (unpaired) electrons. The minimum absolute atomic E-state index is 0.0395. The minimum atomic E-state index is -0.208. The van der Waals surface area contributed by atoms with Gasteiger partial charge in [0.25, 0.3) is 5.91 Å². The predicted octanol–water partition coefficient (Wildman–Crippen LogP) is 3.41. The summed E-state index contributed by atoms with van der Waals surface area (Å²) >= 11 is 6.21. The predicted molar refractivity (Wildman–Crippen MR) is 97.2 cm³/mol. The topological polar surface area (TPSA) is 58.6 Å². The molecule has 25 heavy (non-hydrogen) atoms. The Morgan fingerprint density at radius 3 is 2.64 bits per heavy atom. The number of carbonyl (C=O) groups excluding carboxylic acids is 2. The second-order valence-corrected chi connectivity index (χ2v) is 6.25. The van der Waals surface area contributed by atoms with Gasteiger partial charge in [-0.15, -0.1) is 0 Å². The first kappa shape index (κ1) is 17.3. The van der Waals surface area contributed by atoms with Gasteiger partial charge in [-0.1, -0.05) is 23.7 Å². The number of halogens is 1. The van der Waals surface area contributed by atoms with Crippen molar-refractivity contribution in [2.24, 2.45) is 0 Å². The highest BCUT2D eigenvalue weighted by Crippen LogP contribution is 2.30. The van der Waals surface area contributed by atoms with Crippen molar-refractivity contribution in [2.75, 3.05) is 18.6 Å². The number of benzene rings is 2. The van der Waals surface area contributed by atoms with Gasteiger partial charge in [-0.05, 0) is 42.3 Å². The lowest BCUT2D eigenvalue weighted by Crippen LogP contribution is -2.26. The molecule has 1 aliphatic rings. The summed E-state index contributed by atoms with van der Waals surface area (Å²) in [6.07, 6.45) is 1.33. The van der Waals surface area contributed by atoms with Gasteiger partial charge in [0.05, 0.1) is 17.8 Å². The summed E-state index contributed by atoms with van der Waals surface area (Å²) in [6.45, 7) is 1.04. The van der Waals surface area contributed by atoms with Crippen molar-refractivity contribution in [2.45, 2.75) is 19.4 Å². The lowest BCUT2D eigenvalue weighted by molar-refractivity contribution is -0.117. The molecule has 1 N–H and O–H groups in total. The molecule has 1 fully saturated rings. The lowest BCUT2D eigenvalue weighted by atomic mass is 10.1. The number of anilines is 1. The number of nitrogens with zero attached hydrogens (tertiary/aromatic N) is 1. The molecular weight excluding hydrogens is 340 g/mol. The van der Waals surface area contributed by atoms with Gasteiger partial charge in [0.2, 0.25) is 5.91 Å². The van der Waals surface area contributed by atoms with Gasteiger partial charge >= 0.3 is 0 Å². The molecule has 3 rings (SSSR count). The zero-order valence-corrected chi connectivity index (χ0v) is 14.7. The van der Waals surface area contributed by atoms with Crippen LogP contribution in [-0.2, 0) is 11.3 Å². The Morgan fingerprint density at radius 2 is 2.00 bits per heavy atom. The Balaban J connectivity index is 1.70. The van der Waals surface area contributed by atoms with E-state index in [0.29, 0.717) is 35.8 Å². The maximum Gasteiger partial charge on any atom is 0.251 e. The number of hydrogen-bond donors (Lipinski definition) is 1. The van der Waals surface area contributed by atoms with E-state index in [4.69, 9.17) is 16.3 Å². The van der Waals surface area contributed by atoms with Gasteiger partial charge in [0.15, 0.2) is 0 Å². The number of ether oxygens (including phenoxy) is 1. The highest BCUT2D eigenvalue weighted by Gasteiger charge is 2.24. The summed E-state index contributed by atoms with van der Waals surface area (Å²) in [5, 5.41) is 3.35. The van der Waals surface area contributed by atoms with Crippen LogP contribution in [0.1, 0.15) is 28.8 Å². The van der Waals surface area contributed by atoms with Gasteiger partial charge in [-0.2, -0.15) is 0 Å². The average Bonchev–Trinajstić information content (AvgIpc) is 3.06. The van der Waals surface area contributed by atoms with Crippen molar-refractivity contribution >= 4 is 29.1 Å². The summed E-state index contributed by atoms with van der Waals surface area (Å²) in [4.78, 5) is 26.0. The van der Waals surface area contributed by atoms with Crippen molar-refractivity contribution in [1.82, 2.24) is 5.32 Å². The maximum absolute atomic E-state index is 12.4. The van der Waals surface area contributed by atoms with Gasteiger partial charge < -0.3 is 15.0 Å². The van der Waals surface area contributed by atoms with Crippen LogP contribution in [0, 0.1) is 0 Å². The molecular formula is C19H19ClN2O3. The summed E-state index contributed by atoms with van der Waals surface area (Å²) in [7, 11) is 1.61. The van der Waals surface area contributed by atoms with Crippen LogP contribution in [-0.4, -0.2) is 25.5 Å². The zero-order valence-electron chi connectivity index (χ0n) is 13.9. The lowest BCUT2D eigenvalue weighted by Gasteiger charge is -2.18. The van der Waals surface area contributed by atoms with Crippen LogP contribution in [0.2, 0.25) is 5.02 Å². The van der Waals surface area contributed by atoms with Crippen LogP contribution in [0.15, 0.2) is 42.5 Å². The van der Waals surface area contributed by atoms with E-state index in [1.807, 2.05) is 24.3 Å². The molecule has 0 unspecified atom stereocenters. The normalized spacial score (nSPS) is 13.8. The molecule has 0 saturated carbocycles. The standard InChI is InChI=1S/C19H19ClN2O3/c1-25-15-7-4-13(5-8-15)12-21-19(24)14-6-9-16(20)17(11-14)22-10-2-3-18(22)23/h4-9,11H,2-3,10,12H2,1H3,(H,21,24). The van der Waals surface area contributed by atoms with Crippen LogP contribution < -0.4 is 15.0 Å². The van der Waals surface area contributed by atoms with Crippen LogP contribution in [0.4, 0.5) is 5.69 Å². The van der Waals surface area contributed by atoms with Gasteiger partial charge in [0.1, 0.15) is 5.75 Å². The number of methoxy groups -OCH3 is 1. The molecule has 1 heterocycles. The molecule has 1 aliphatic heterocycles. The Labute approximate surface area is 151 Å². The SMILES string of the molecule is COc1ccc(CNC(=O)c2ccc(Cl)c(N3CCCC3=O)c2)cc1. The monoisotopic (exact) mass is 358 g/mol. The number of nitrogens with one attached hydrogen (secondary N) is 1. The number of amides is 2. The largest absolute Gasteiger partial charge is 0.497 e. The number of rotatable bonds is 5. The van der Waals surface area contributed by atoms with Crippen molar-refractivity contribution < 1.29 is 14.3 Å². The first-order valence-electron chi connectivity index (χ1n) is 8.09. The number of hydrogen-bond acceptors (Lipinski definition) is 3. The quantitative estimate of drug-likeness (QED) is 0.891. The molecule has 130 valence electrons. The van der Waals surface area contributed by atoms with Gasteiger partial charge in [-0.3, -0.25) is 9.59 Å². The molecule has 2 aromatic carbocycles. The highest BCUT2D eigenvalue weighted by molar-refractivity contribution is 6.34. The fourth-order valence-corrected chi connectivity index (χ4v) is 3.01. The Morgan fingerprint density at radius 1 is 1.24 bits per heavy atom. The first-order valence-corrected chi connectivity index (χ1v) is 8.47. The molecule has 2 amide bonds. The molecule has 5 nitrogen and oxygen atoms in total. The molecule has 0 bridgehead atoms. The molecule has 6 heteroatoms. The van der Waals surface area contributed by atoms with Crippen LogP contribution >= 0.6 is 11.6 Å². The molecule has 1 saturated heterocycles. The Kier molecular flexibility index (Phi) is 5.24. The van der Waals surface area contributed by atoms with Crippen LogP contribution in [0.5, 0.6) is 5.75 Å². The van der Waals surface area contributed by atoms with Crippen molar-refractivity contribution in [3.05, 3.63) is 58.6 Å². The second kappa shape index (κ2) is 7.57. The average molecular weight is 359 g/mol. The van der Waals surface area contributed by atoms with Crippen molar-refractivity contribution in [3.8, 4) is 5.75 Å². The van der Waals surface area contributed by atoms with Crippen LogP contribution in [0.3, 0.4) is 0 Å². The fourth-order valence-electron chi connectivity index (χ4n) is 2.79. The van der Waals surface area contributed by atoms with E-state index in [9.17, 15) is 9.59 Å². The molecule has 0 spiro atoms. The Bertz CT molecular complexity index is 790. The van der Waals surface area contributed by atoms with Crippen molar-refractivity contribution in [1.29, 1.82) is 0 Å². The van der Waals surface area contributed by atoms with E-state index in [-0.39, 0.29) is 11.8 Å². The minimum Gasteiger partial charge on any atom is -0.497 e. The molecule has 0 aliphatic carbocycles. The van der Waals surface area contributed by atoms with E-state index in [0.717, 1.165) is 17.7 Å². The molecule has 2 aromatic rings. The molecule has 0 atom stereocenters. The zero-order chi connectivity index (χ0) is 17.8. The second-order valence-electron chi connectivity index (χ2n) is 5.85. The third kappa shape index (κ3) is 3.94. The van der Waals surface area contributed by atoms with E-state index in [2.05, 4.69) is 5.32 Å². The van der Waals surface area contributed by atoms with Crippen molar-refractivity contribution in [3.63, 3.8) is 0 Å².